The summed E-state index contributed by atoms with van der Waals surface area (Å²) >= 11 is 4.32. The SMILES string of the molecule is Cc1cccc(C)c1NC(=O)C(c1ccccc1)N(C(=O)C(CS)NC(=O)OC(C)(C)C)C1CC1. The molecule has 0 bridgehead atoms. The molecule has 2 aromatic carbocycles. The van der Waals surface area contributed by atoms with Crippen LogP contribution in [0.2, 0.25) is 0 Å². The summed E-state index contributed by atoms with van der Waals surface area (Å²) in [6.45, 7) is 9.13. The number of para-hydroxylation sites is 1. The van der Waals surface area contributed by atoms with Crippen molar-refractivity contribution in [1.82, 2.24) is 10.2 Å². The first kappa shape index (κ1) is 26.6. The Bertz CT molecular complexity index is 1040. The van der Waals surface area contributed by atoms with Gasteiger partial charge in [-0.05, 0) is 64.2 Å². The first-order valence-electron chi connectivity index (χ1n) is 11.9. The van der Waals surface area contributed by atoms with Crippen LogP contribution in [-0.4, -0.2) is 46.2 Å². The van der Waals surface area contributed by atoms with Crippen molar-refractivity contribution in [2.45, 2.75) is 71.2 Å². The Morgan fingerprint density at radius 2 is 1.63 bits per heavy atom. The number of amides is 3. The Kier molecular flexibility index (Phi) is 8.48. The zero-order valence-corrected chi connectivity index (χ0v) is 21.9. The van der Waals surface area contributed by atoms with E-state index in [4.69, 9.17) is 4.74 Å². The predicted molar refractivity (Wildman–Crippen MR) is 141 cm³/mol. The molecule has 1 aliphatic rings. The Hall–Kier alpha value is -3.00. The van der Waals surface area contributed by atoms with Crippen molar-refractivity contribution in [2.75, 3.05) is 11.1 Å². The zero-order chi connectivity index (χ0) is 25.8. The second-order valence-electron chi connectivity index (χ2n) is 9.93. The lowest BCUT2D eigenvalue weighted by atomic mass is 10.0. The minimum atomic E-state index is -0.937. The largest absolute Gasteiger partial charge is 0.444 e. The van der Waals surface area contributed by atoms with Crippen LogP contribution in [0, 0.1) is 13.8 Å². The van der Waals surface area contributed by atoms with Gasteiger partial charge >= 0.3 is 6.09 Å². The molecule has 2 aromatic rings. The molecule has 2 unspecified atom stereocenters. The number of nitrogens with zero attached hydrogens (tertiary/aromatic N) is 1. The molecule has 0 aliphatic heterocycles. The summed E-state index contributed by atoms with van der Waals surface area (Å²) in [6.07, 6.45) is 0.881. The van der Waals surface area contributed by atoms with Crippen LogP contribution in [0.1, 0.15) is 56.3 Å². The van der Waals surface area contributed by atoms with Gasteiger partial charge in [0.05, 0.1) is 0 Å². The molecule has 35 heavy (non-hydrogen) atoms. The number of alkyl carbamates (subject to hydrolysis) is 1. The molecule has 0 radical (unpaired) electrons. The van der Waals surface area contributed by atoms with Crippen LogP contribution >= 0.6 is 12.6 Å². The Morgan fingerprint density at radius 3 is 2.14 bits per heavy atom. The average Bonchev–Trinajstić information content (AvgIpc) is 3.62. The van der Waals surface area contributed by atoms with Crippen LogP contribution in [0.3, 0.4) is 0 Å². The van der Waals surface area contributed by atoms with Gasteiger partial charge in [-0.2, -0.15) is 12.6 Å². The normalized spacial score (nSPS) is 15.0. The first-order valence-corrected chi connectivity index (χ1v) is 12.5. The molecular weight excluding hydrogens is 462 g/mol. The van der Waals surface area contributed by atoms with Gasteiger partial charge in [-0.3, -0.25) is 9.59 Å². The number of aryl methyl sites for hydroxylation is 2. The standard InChI is InChI=1S/C27H35N3O4S/c1-17-10-9-11-18(2)22(17)29-24(31)23(19-12-7-6-8-13-19)30(20-14-15-20)25(32)21(16-35)28-26(33)34-27(3,4)5/h6-13,20-21,23,35H,14-16H2,1-5H3,(H,28,33)(H,29,31). The maximum Gasteiger partial charge on any atom is 0.408 e. The van der Waals surface area contributed by atoms with Crippen molar-refractivity contribution in [3.8, 4) is 0 Å². The Labute approximate surface area is 213 Å². The van der Waals surface area contributed by atoms with Crippen LogP contribution in [0.25, 0.3) is 0 Å². The van der Waals surface area contributed by atoms with Gasteiger partial charge in [0.25, 0.3) is 5.91 Å². The molecule has 1 saturated carbocycles. The molecule has 2 N–H and O–H groups in total. The summed E-state index contributed by atoms with van der Waals surface area (Å²) in [6, 6.07) is 13.2. The molecule has 1 aliphatic carbocycles. The van der Waals surface area contributed by atoms with E-state index in [-0.39, 0.29) is 23.6 Å². The Morgan fingerprint density at radius 1 is 1.03 bits per heavy atom. The van der Waals surface area contributed by atoms with Gasteiger partial charge in [0.15, 0.2) is 0 Å². The molecule has 1 fully saturated rings. The van der Waals surface area contributed by atoms with E-state index in [2.05, 4.69) is 23.3 Å². The lowest BCUT2D eigenvalue weighted by molar-refractivity contribution is -0.141. The van der Waals surface area contributed by atoms with Crippen molar-refractivity contribution in [3.63, 3.8) is 0 Å². The van der Waals surface area contributed by atoms with Crippen molar-refractivity contribution in [1.29, 1.82) is 0 Å². The maximum atomic E-state index is 13.8. The zero-order valence-electron chi connectivity index (χ0n) is 21.0. The lowest BCUT2D eigenvalue weighted by Gasteiger charge is -2.34. The summed E-state index contributed by atoms with van der Waals surface area (Å²) < 4.78 is 5.34. The van der Waals surface area contributed by atoms with Crippen LogP contribution in [-0.2, 0) is 14.3 Å². The highest BCUT2D eigenvalue weighted by Crippen LogP contribution is 2.36. The lowest BCUT2D eigenvalue weighted by Crippen LogP contribution is -2.54. The van der Waals surface area contributed by atoms with E-state index in [0.717, 1.165) is 29.7 Å². The average molecular weight is 498 g/mol. The van der Waals surface area contributed by atoms with Crippen molar-refractivity contribution < 1.29 is 19.1 Å². The summed E-state index contributed by atoms with van der Waals surface area (Å²) in [5.41, 5.74) is 2.61. The number of nitrogens with one attached hydrogen (secondary N) is 2. The second-order valence-corrected chi connectivity index (χ2v) is 10.3. The van der Waals surface area contributed by atoms with Gasteiger partial charge in [-0.15, -0.1) is 0 Å². The monoisotopic (exact) mass is 497 g/mol. The summed E-state index contributed by atoms with van der Waals surface area (Å²) in [5.74, 6) is -0.593. The number of carbonyl (C=O) groups excluding carboxylic acids is 3. The highest BCUT2D eigenvalue weighted by atomic mass is 32.1. The number of rotatable bonds is 8. The molecule has 3 amide bonds. The molecule has 2 atom stereocenters. The molecule has 188 valence electrons. The predicted octanol–water partition coefficient (Wildman–Crippen LogP) is 4.80. The molecule has 0 spiro atoms. The fourth-order valence-electron chi connectivity index (χ4n) is 3.96. The molecule has 7 nitrogen and oxygen atoms in total. The third-order valence-electron chi connectivity index (χ3n) is 5.74. The van der Waals surface area contributed by atoms with E-state index in [0.29, 0.717) is 5.56 Å². The number of ether oxygens (including phenoxy) is 1. The van der Waals surface area contributed by atoms with E-state index in [9.17, 15) is 14.4 Å². The van der Waals surface area contributed by atoms with E-state index in [1.165, 1.54) is 0 Å². The van der Waals surface area contributed by atoms with Gasteiger partial charge < -0.3 is 20.3 Å². The van der Waals surface area contributed by atoms with Gasteiger partial charge in [-0.25, -0.2) is 4.79 Å². The maximum absolute atomic E-state index is 13.8. The topological polar surface area (TPSA) is 87.7 Å². The van der Waals surface area contributed by atoms with Crippen LogP contribution in [0.15, 0.2) is 48.5 Å². The summed E-state index contributed by atoms with van der Waals surface area (Å²) in [4.78, 5) is 41.6. The highest BCUT2D eigenvalue weighted by molar-refractivity contribution is 7.80. The number of hydrogen-bond donors (Lipinski definition) is 3. The molecule has 0 aromatic heterocycles. The molecule has 3 rings (SSSR count). The number of thiol groups is 1. The van der Waals surface area contributed by atoms with Crippen molar-refractivity contribution in [2.24, 2.45) is 0 Å². The molecule has 0 heterocycles. The fraction of sp³-hybridized carbons (Fsp3) is 0.444. The summed E-state index contributed by atoms with van der Waals surface area (Å²) in [7, 11) is 0. The van der Waals surface area contributed by atoms with E-state index < -0.39 is 23.8 Å². The van der Waals surface area contributed by atoms with E-state index in [1.54, 1.807) is 25.7 Å². The van der Waals surface area contributed by atoms with Crippen LogP contribution in [0.5, 0.6) is 0 Å². The Balaban J connectivity index is 1.94. The summed E-state index contributed by atoms with van der Waals surface area (Å²) in [5, 5.41) is 5.70. The van der Waals surface area contributed by atoms with Crippen molar-refractivity contribution >= 4 is 36.2 Å². The van der Waals surface area contributed by atoms with Gasteiger partial charge in [0, 0.05) is 17.5 Å². The molecule has 8 heteroatoms. The van der Waals surface area contributed by atoms with Gasteiger partial charge in [0.2, 0.25) is 5.91 Å². The van der Waals surface area contributed by atoms with Gasteiger partial charge in [-0.1, -0.05) is 48.5 Å². The van der Waals surface area contributed by atoms with E-state index in [1.807, 2.05) is 62.4 Å². The number of anilines is 1. The van der Waals surface area contributed by atoms with Crippen LogP contribution < -0.4 is 10.6 Å². The molecule has 0 saturated heterocycles. The highest BCUT2D eigenvalue weighted by Gasteiger charge is 2.44. The van der Waals surface area contributed by atoms with Crippen molar-refractivity contribution in [3.05, 3.63) is 65.2 Å². The second kappa shape index (κ2) is 11.2. The van der Waals surface area contributed by atoms with Gasteiger partial charge in [0.1, 0.15) is 17.7 Å². The van der Waals surface area contributed by atoms with E-state index >= 15 is 0 Å². The minimum absolute atomic E-state index is 0.0708. The fourth-order valence-corrected chi connectivity index (χ4v) is 4.21. The number of benzene rings is 2. The third-order valence-corrected chi connectivity index (χ3v) is 6.10. The third kappa shape index (κ3) is 7.01. The molecular formula is C27H35N3O4S. The minimum Gasteiger partial charge on any atom is -0.444 e. The number of carbonyl (C=O) groups is 3. The number of hydrogen-bond acceptors (Lipinski definition) is 5. The first-order chi connectivity index (χ1) is 16.5. The quantitative estimate of drug-likeness (QED) is 0.457. The smallest absolute Gasteiger partial charge is 0.408 e. The van der Waals surface area contributed by atoms with Crippen LogP contribution in [0.4, 0.5) is 10.5 Å².